The van der Waals surface area contributed by atoms with Crippen LogP contribution in [-0.4, -0.2) is 23.2 Å². The van der Waals surface area contributed by atoms with Crippen LogP contribution in [0, 0.1) is 5.92 Å². The summed E-state index contributed by atoms with van der Waals surface area (Å²) in [5.41, 5.74) is 6.12. The first kappa shape index (κ1) is 18.8. The highest BCUT2D eigenvalue weighted by Crippen LogP contribution is 2.47. The van der Waals surface area contributed by atoms with E-state index < -0.39 is 5.97 Å². The minimum Gasteiger partial charge on any atom is -0.478 e. The number of carboxylic acids is 1. The smallest absolute Gasteiger partial charge is 0.335 e. The zero-order valence-electron chi connectivity index (χ0n) is 15.8. The highest BCUT2D eigenvalue weighted by atomic mass is 16.4. The molecule has 1 amide bonds. The lowest BCUT2D eigenvalue weighted by molar-refractivity contribution is -0.122. The number of hydrogen-bond donors (Lipinski definition) is 2. The number of hydrogen-bond acceptors (Lipinski definition) is 3. The number of benzene rings is 2. The summed E-state index contributed by atoms with van der Waals surface area (Å²) in [7, 11) is 0. The monoisotopic (exact) mass is 364 g/mol. The fourth-order valence-corrected chi connectivity index (χ4v) is 3.05. The largest absolute Gasteiger partial charge is 0.478 e. The average molecular weight is 364 g/mol. The number of nitrogens with zero attached hydrogens (tertiary/aromatic N) is 1. The van der Waals surface area contributed by atoms with E-state index in [2.05, 4.69) is 55.6 Å². The minimum atomic E-state index is -0.970. The van der Waals surface area contributed by atoms with E-state index in [1.54, 1.807) is 12.1 Å². The molecule has 0 aromatic heterocycles. The predicted molar refractivity (Wildman–Crippen MR) is 105 cm³/mol. The van der Waals surface area contributed by atoms with Gasteiger partial charge < -0.3 is 5.11 Å². The molecule has 1 saturated carbocycles. The fraction of sp³-hybridized carbons (Fsp3) is 0.318. The van der Waals surface area contributed by atoms with Gasteiger partial charge in [0.2, 0.25) is 5.91 Å². The van der Waals surface area contributed by atoms with Crippen molar-refractivity contribution in [2.75, 3.05) is 0 Å². The van der Waals surface area contributed by atoms with Gasteiger partial charge in [0.1, 0.15) is 0 Å². The molecule has 5 nitrogen and oxygen atoms in total. The third-order valence-corrected chi connectivity index (χ3v) is 4.88. The zero-order valence-corrected chi connectivity index (χ0v) is 15.8. The van der Waals surface area contributed by atoms with Gasteiger partial charge in [-0.05, 0) is 46.6 Å². The van der Waals surface area contributed by atoms with Crippen molar-refractivity contribution in [1.29, 1.82) is 0 Å². The molecule has 27 heavy (non-hydrogen) atoms. The van der Waals surface area contributed by atoms with E-state index in [0.717, 1.165) is 12.0 Å². The highest BCUT2D eigenvalue weighted by Gasteiger charge is 2.43. The normalized spacial score (nSPS) is 19.1. The second-order valence-electron chi connectivity index (χ2n) is 7.98. The third kappa shape index (κ3) is 4.61. The number of amides is 1. The van der Waals surface area contributed by atoms with Crippen molar-refractivity contribution in [2.24, 2.45) is 11.0 Å². The molecule has 140 valence electrons. The highest BCUT2D eigenvalue weighted by molar-refractivity contribution is 5.89. The van der Waals surface area contributed by atoms with E-state index in [-0.39, 0.29) is 28.7 Å². The molecule has 1 aliphatic carbocycles. The van der Waals surface area contributed by atoms with Gasteiger partial charge in [-0.3, -0.25) is 4.79 Å². The third-order valence-electron chi connectivity index (χ3n) is 4.88. The van der Waals surface area contributed by atoms with Crippen LogP contribution in [0.25, 0.3) is 0 Å². The molecule has 0 spiro atoms. The SMILES string of the molecule is CC(C)(C)c1ccc([C@@H]2C[C@H]2C(=O)N/N=C/c2ccc(C(=O)O)cc2)cc1. The quantitative estimate of drug-likeness (QED) is 0.623. The van der Waals surface area contributed by atoms with Crippen LogP contribution in [0.4, 0.5) is 0 Å². The summed E-state index contributed by atoms with van der Waals surface area (Å²) < 4.78 is 0. The number of hydrazone groups is 1. The van der Waals surface area contributed by atoms with Gasteiger partial charge in [0.25, 0.3) is 0 Å². The molecule has 2 N–H and O–H groups in total. The lowest BCUT2D eigenvalue weighted by atomic mass is 9.86. The van der Waals surface area contributed by atoms with E-state index >= 15 is 0 Å². The summed E-state index contributed by atoms with van der Waals surface area (Å²) in [6, 6.07) is 14.8. The second kappa shape index (κ2) is 7.35. The molecular weight excluding hydrogens is 340 g/mol. The zero-order chi connectivity index (χ0) is 19.6. The lowest BCUT2D eigenvalue weighted by Crippen LogP contribution is -2.20. The van der Waals surface area contributed by atoms with Crippen LogP contribution in [0.15, 0.2) is 53.6 Å². The summed E-state index contributed by atoms with van der Waals surface area (Å²) in [6.07, 6.45) is 2.35. The molecule has 3 rings (SSSR count). The molecule has 1 fully saturated rings. The summed E-state index contributed by atoms with van der Waals surface area (Å²) >= 11 is 0. The standard InChI is InChI=1S/C22H24N2O3/c1-22(2,3)17-10-8-15(9-11-17)18-12-19(18)20(25)24-23-13-14-4-6-16(7-5-14)21(26)27/h4-11,13,18-19H,12H2,1-3H3,(H,24,25)(H,26,27)/b23-13+/t18-,19+/m0/s1. The molecule has 0 radical (unpaired) electrons. The number of aromatic carboxylic acids is 1. The average Bonchev–Trinajstić information content (AvgIpc) is 3.42. The molecule has 0 saturated heterocycles. The first-order valence-corrected chi connectivity index (χ1v) is 9.02. The Hall–Kier alpha value is -2.95. The summed E-state index contributed by atoms with van der Waals surface area (Å²) in [6.45, 7) is 6.55. The van der Waals surface area contributed by atoms with Gasteiger partial charge in [-0.2, -0.15) is 5.10 Å². The lowest BCUT2D eigenvalue weighted by Gasteiger charge is -2.19. The number of rotatable bonds is 5. The van der Waals surface area contributed by atoms with Gasteiger partial charge in [-0.25, -0.2) is 10.2 Å². The van der Waals surface area contributed by atoms with Gasteiger partial charge in [-0.1, -0.05) is 57.2 Å². The van der Waals surface area contributed by atoms with Crippen molar-refractivity contribution in [3.8, 4) is 0 Å². The van der Waals surface area contributed by atoms with Crippen molar-refractivity contribution in [1.82, 2.24) is 5.43 Å². The summed E-state index contributed by atoms with van der Waals surface area (Å²) in [5.74, 6) is -0.846. The number of nitrogens with one attached hydrogen (secondary N) is 1. The number of carbonyl (C=O) groups excluding carboxylic acids is 1. The summed E-state index contributed by atoms with van der Waals surface area (Å²) in [5, 5.41) is 12.9. The van der Waals surface area contributed by atoms with Gasteiger partial charge >= 0.3 is 5.97 Å². The second-order valence-corrected chi connectivity index (χ2v) is 7.98. The Kier molecular flexibility index (Phi) is 5.13. The fourth-order valence-electron chi connectivity index (χ4n) is 3.05. The van der Waals surface area contributed by atoms with Crippen molar-refractivity contribution in [3.05, 3.63) is 70.8 Å². The molecule has 1 aliphatic rings. The van der Waals surface area contributed by atoms with Gasteiger partial charge in [0.05, 0.1) is 11.8 Å². The van der Waals surface area contributed by atoms with Crippen molar-refractivity contribution in [3.63, 3.8) is 0 Å². The van der Waals surface area contributed by atoms with E-state index in [1.807, 2.05) is 0 Å². The maximum absolute atomic E-state index is 12.2. The Bertz CT molecular complexity index is 862. The molecule has 0 bridgehead atoms. The Labute approximate surface area is 159 Å². The minimum absolute atomic E-state index is 0.0444. The first-order chi connectivity index (χ1) is 12.8. The van der Waals surface area contributed by atoms with Crippen LogP contribution in [0.1, 0.15) is 60.2 Å². The van der Waals surface area contributed by atoms with E-state index in [0.29, 0.717) is 0 Å². The molecule has 5 heteroatoms. The van der Waals surface area contributed by atoms with Gasteiger partial charge in [0, 0.05) is 5.92 Å². The predicted octanol–water partition coefficient (Wildman–Crippen LogP) is 3.94. The molecule has 0 heterocycles. The van der Waals surface area contributed by atoms with Crippen LogP contribution in [0.3, 0.4) is 0 Å². The van der Waals surface area contributed by atoms with Crippen molar-refractivity contribution in [2.45, 2.75) is 38.5 Å². The van der Waals surface area contributed by atoms with Crippen LogP contribution < -0.4 is 5.43 Å². The number of carbonyl (C=O) groups is 2. The maximum atomic E-state index is 12.2. The Balaban J connectivity index is 1.53. The van der Waals surface area contributed by atoms with Crippen LogP contribution >= 0.6 is 0 Å². The summed E-state index contributed by atoms with van der Waals surface area (Å²) in [4.78, 5) is 23.1. The molecule has 2 aromatic carbocycles. The Morgan fingerprint density at radius 3 is 2.26 bits per heavy atom. The van der Waals surface area contributed by atoms with Gasteiger partial charge in [0.15, 0.2) is 0 Å². The number of carboxylic acid groups (broad SMARTS) is 1. The molecular formula is C22H24N2O3. The Morgan fingerprint density at radius 2 is 1.70 bits per heavy atom. The van der Waals surface area contributed by atoms with E-state index in [4.69, 9.17) is 5.11 Å². The topological polar surface area (TPSA) is 78.8 Å². The molecule has 2 aromatic rings. The van der Waals surface area contributed by atoms with Crippen LogP contribution in [0.2, 0.25) is 0 Å². The van der Waals surface area contributed by atoms with Crippen molar-refractivity contribution < 1.29 is 14.7 Å². The first-order valence-electron chi connectivity index (χ1n) is 9.02. The van der Waals surface area contributed by atoms with E-state index in [9.17, 15) is 9.59 Å². The van der Waals surface area contributed by atoms with E-state index in [1.165, 1.54) is 29.5 Å². The molecule has 0 unspecified atom stereocenters. The Morgan fingerprint density at radius 1 is 1.07 bits per heavy atom. The van der Waals surface area contributed by atoms with Gasteiger partial charge in [-0.15, -0.1) is 0 Å². The maximum Gasteiger partial charge on any atom is 0.335 e. The molecule has 0 aliphatic heterocycles. The van der Waals surface area contributed by atoms with Crippen molar-refractivity contribution >= 4 is 18.1 Å². The molecule has 2 atom stereocenters. The van der Waals surface area contributed by atoms with Crippen LogP contribution in [0.5, 0.6) is 0 Å². The van der Waals surface area contributed by atoms with Crippen LogP contribution in [-0.2, 0) is 10.2 Å².